The van der Waals surface area contributed by atoms with Crippen LogP contribution in [0.4, 0.5) is 4.79 Å². The van der Waals surface area contributed by atoms with Crippen molar-refractivity contribution in [3.05, 3.63) is 71.8 Å². The van der Waals surface area contributed by atoms with Crippen molar-refractivity contribution < 1.29 is 9.53 Å². The van der Waals surface area contributed by atoms with Gasteiger partial charge in [-0.05, 0) is 36.9 Å². The maximum absolute atomic E-state index is 12.1. The number of nitrogens with zero attached hydrogens (tertiary/aromatic N) is 2. The summed E-state index contributed by atoms with van der Waals surface area (Å²) in [6.45, 7) is 3.71. The number of amides is 1. The molecule has 4 rings (SSSR count). The molecule has 2 aliphatic heterocycles. The number of likely N-dealkylation sites (tertiary alicyclic amines) is 2. The molecule has 2 heterocycles. The maximum atomic E-state index is 12.1. The van der Waals surface area contributed by atoms with Crippen LogP contribution in [0, 0.1) is 5.41 Å². The molecule has 0 N–H and O–H groups in total. The van der Waals surface area contributed by atoms with Crippen molar-refractivity contribution in [1.29, 1.82) is 0 Å². The normalized spacial score (nSPS) is 23.1. The van der Waals surface area contributed by atoms with Crippen LogP contribution in [0.3, 0.4) is 0 Å². The molecular formula is C23H28N2O2. The Morgan fingerprint density at radius 1 is 0.926 bits per heavy atom. The van der Waals surface area contributed by atoms with Crippen molar-refractivity contribution in [1.82, 2.24) is 9.80 Å². The van der Waals surface area contributed by atoms with Crippen molar-refractivity contribution >= 4 is 6.09 Å². The van der Waals surface area contributed by atoms with Crippen LogP contribution < -0.4 is 0 Å². The minimum Gasteiger partial charge on any atom is -0.453 e. The van der Waals surface area contributed by atoms with E-state index in [0.29, 0.717) is 0 Å². The van der Waals surface area contributed by atoms with Gasteiger partial charge in [0.1, 0.15) is 0 Å². The van der Waals surface area contributed by atoms with Crippen LogP contribution in [0.1, 0.15) is 36.4 Å². The minimum atomic E-state index is -0.185. The van der Waals surface area contributed by atoms with E-state index >= 15 is 0 Å². The molecule has 2 aromatic rings. The first-order chi connectivity index (χ1) is 13.2. The van der Waals surface area contributed by atoms with Crippen molar-refractivity contribution in [2.75, 3.05) is 33.3 Å². The Balaban J connectivity index is 1.59. The molecule has 4 heteroatoms. The van der Waals surface area contributed by atoms with Gasteiger partial charge in [-0.15, -0.1) is 0 Å². The predicted octanol–water partition coefficient (Wildman–Crippen LogP) is 4.33. The summed E-state index contributed by atoms with van der Waals surface area (Å²) < 4.78 is 4.98. The van der Waals surface area contributed by atoms with E-state index < -0.39 is 0 Å². The second kappa shape index (κ2) is 7.73. The van der Waals surface area contributed by atoms with Crippen molar-refractivity contribution in [2.24, 2.45) is 5.41 Å². The van der Waals surface area contributed by atoms with E-state index in [9.17, 15) is 4.79 Å². The zero-order valence-corrected chi connectivity index (χ0v) is 16.0. The fraction of sp³-hybridized carbons (Fsp3) is 0.435. The van der Waals surface area contributed by atoms with Gasteiger partial charge in [0.05, 0.1) is 13.2 Å². The number of rotatable bonds is 3. The van der Waals surface area contributed by atoms with Crippen LogP contribution in [0.5, 0.6) is 0 Å². The summed E-state index contributed by atoms with van der Waals surface area (Å²) in [4.78, 5) is 16.6. The van der Waals surface area contributed by atoms with E-state index in [0.717, 1.165) is 39.0 Å². The number of hydrogen-bond acceptors (Lipinski definition) is 3. The van der Waals surface area contributed by atoms with Crippen LogP contribution >= 0.6 is 0 Å². The minimum absolute atomic E-state index is 0.185. The summed E-state index contributed by atoms with van der Waals surface area (Å²) >= 11 is 0. The molecule has 0 saturated carbocycles. The van der Waals surface area contributed by atoms with Gasteiger partial charge >= 0.3 is 6.09 Å². The highest BCUT2D eigenvalue weighted by atomic mass is 16.5. The van der Waals surface area contributed by atoms with Crippen molar-refractivity contribution in [3.8, 4) is 0 Å². The fourth-order valence-electron chi connectivity index (χ4n) is 4.90. The smallest absolute Gasteiger partial charge is 0.409 e. The Morgan fingerprint density at radius 3 is 2.15 bits per heavy atom. The number of piperidine rings is 1. The third-order valence-corrected chi connectivity index (χ3v) is 6.16. The number of ether oxygens (including phenoxy) is 1. The topological polar surface area (TPSA) is 32.8 Å². The van der Waals surface area contributed by atoms with Crippen LogP contribution in [0.2, 0.25) is 0 Å². The number of carbonyl (C=O) groups excluding carboxylic acids is 1. The largest absolute Gasteiger partial charge is 0.453 e. The van der Waals surface area contributed by atoms with E-state index in [1.807, 2.05) is 4.90 Å². The SMILES string of the molecule is COC(=O)N1CCC[C@@]2(CCN(C(c3ccccc3)c3ccccc3)C2)C1. The lowest BCUT2D eigenvalue weighted by atomic mass is 9.79. The zero-order chi connectivity index (χ0) is 18.7. The van der Waals surface area contributed by atoms with E-state index in [1.54, 1.807) is 0 Å². The summed E-state index contributed by atoms with van der Waals surface area (Å²) in [5.41, 5.74) is 2.86. The van der Waals surface area contributed by atoms with Crippen LogP contribution in [-0.4, -0.2) is 49.2 Å². The van der Waals surface area contributed by atoms with Gasteiger partial charge < -0.3 is 9.64 Å². The summed E-state index contributed by atoms with van der Waals surface area (Å²) in [7, 11) is 1.48. The van der Waals surface area contributed by atoms with E-state index in [1.165, 1.54) is 24.7 Å². The lowest BCUT2D eigenvalue weighted by molar-refractivity contribution is 0.0676. The molecule has 142 valence electrons. The summed E-state index contributed by atoms with van der Waals surface area (Å²) in [5.74, 6) is 0. The van der Waals surface area contributed by atoms with Crippen LogP contribution in [-0.2, 0) is 4.74 Å². The first-order valence-electron chi connectivity index (χ1n) is 9.88. The van der Waals surface area contributed by atoms with E-state index in [2.05, 4.69) is 65.6 Å². The molecule has 0 bridgehead atoms. The monoisotopic (exact) mass is 364 g/mol. The maximum Gasteiger partial charge on any atom is 0.409 e. The first-order valence-corrected chi connectivity index (χ1v) is 9.88. The molecule has 2 fully saturated rings. The highest BCUT2D eigenvalue weighted by Crippen LogP contribution is 2.43. The third kappa shape index (κ3) is 3.72. The van der Waals surface area contributed by atoms with Crippen molar-refractivity contribution in [3.63, 3.8) is 0 Å². The molecule has 0 aromatic heterocycles. The molecule has 0 aliphatic carbocycles. The van der Waals surface area contributed by atoms with Gasteiger partial charge in [-0.2, -0.15) is 0 Å². The molecule has 4 nitrogen and oxygen atoms in total. The average Bonchev–Trinajstić information content (AvgIpc) is 3.11. The lowest BCUT2D eigenvalue weighted by Crippen LogP contribution is -2.47. The van der Waals surface area contributed by atoms with Gasteiger partial charge in [-0.1, -0.05) is 60.7 Å². The molecule has 2 aromatic carbocycles. The number of hydrogen-bond donors (Lipinski definition) is 0. The molecule has 2 saturated heterocycles. The average molecular weight is 364 g/mol. The van der Waals surface area contributed by atoms with Gasteiger partial charge in [-0.3, -0.25) is 4.90 Å². The molecule has 2 aliphatic rings. The molecule has 0 unspecified atom stereocenters. The lowest BCUT2D eigenvalue weighted by Gasteiger charge is -2.40. The first kappa shape index (κ1) is 18.1. The number of benzene rings is 2. The van der Waals surface area contributed by atoms with Crippen molar-refractivity contribution in [2.45, 2.75) is 25.3 Å². The summed E-state index contributed by atoms with van der Waals surface area (Å²) in [6.07, 6.45) is 3.20. The van der Waals surface area contributed by atoms with Gasteiger partial charge in [0, 0.05) is 25.0 Å². The van der Waals surface area contributed by atoms with Gasteiger partial charge in [0.2, 0.25) is 0 Å². The molecule has 1 amide bonds. The van der Waals surface area contributed by atoms with E-state index in [-0.39, 0.29) is 17.6 Å². The second-order valence-electron chi connectivity index (χ2n) is 7.94. The number of carbonyl (C=O) groups is 1. The second-order valence-corrected chi connectivity index (χ2v) is 7.94. The summed E-state index contributed by atoms with van der Waals surface area (Å²) in [5, 5.41) is 0. The Bertz CT molecular complexity index is 725. The molecule has 27 heavy (non-hydrogen) atoms. The number of methoxy groups -OCH3 is 1. The predicted molar refractivity (Wildman–Crippen MR) is 107 cm³/mol. The van der Waals surface area contributed by atoms with E-state index in [4.69, 9.17) is 4.74 Å². The van der Waals surface area contributed by atoms with Crippen LogP contribution in [0.15, 0.2) is 60.7 Å². The third-order valence-electron chi connectivity index (χ3n) is 6.16. The molecule has 1 spiro atoms. The Kier molecular flexibility index (Phi) is 5.17. The van der Waals surface area contributed by atoms with Gasteiger partial charge in [0.25, 0.3) is 0 Å². The standard InChI is InChI=1S/C23H28N2O2/c1-27-22(26)25-15-8-13-23(18-25)14-16-24(17-23)21(19-9-4-2-5-10-19)20-11-6-3-7-12-20/h2-7,9-12,21H,8,13-18H2,1H3/t23-/m0/s1. The van der Waals surface area contributed by atoms with Gasteiger partial charge in [0.15, 0.2) is 0 Å². The summed E-state index contributed by atoms with van der Waals surface area (Å²) in [6, 6.07) is 21.8. The zero-order valence-electron chi connectivity index (χ0n) is 16.0. The highest BCUT2D eigenvalue weighted by molar-refractivity contribution is 5.67. The molecular weight excluding hydrogens is 336 g/mol. The van der Waals surface area contributed by atoms with Gasteiger partial charge in [-0.25, -0.2) is 4.79 Å². The van der Waals surface area contributed by atoms with Crippen LogP contribution in [0.25, 0.3) is 0 Å². The Hall–Kier alpha value is -2.33. The Labute approximate surface area is 161 Å². The molecule has 0 radical (unpaired) electrons. The molecule has 1 atom stereocenters. The highest BCUT2D eigenvalue weighted by Gasteiger charge is 2.44. The fourth-order valence-corrected chi connectivity index (χ4v) is 4.90. The quantitative estimate of drug-likeness (QED) is 0.813. The Morgan fingerprint density at radius 2 is 1.56 bits per heavy atom.